The molecule has 1 unspecified atom stereocenters. The summed E-state index contributed by atoms with van der Waals surface area (Å²) < 4.78 is 5.46. The number of aryl methyl sites for hydroxylation is 1. The molecule has 2 rings (SSSR count). The molecule has 1 aliphatic heterocycles. The standard InChI is InChI=1S/C12H15NO2/c1-13-11-5-3-2-4-10(11)6-7-12(13)15-9-8-14/h2-5,8,12H,6-7,9H2,1H3. The third kappa shape index (κ3) is 2.02. The quantitative estimate of drug-likeness (QED) is 0.702. The van der Waals surface area contributed by atoms with Crippen LogP contribution in [0.1, 0.15) is 12.0 Å². The van der Waals surface area contributed by atoms with Gasteiger partial charge in [0.2, 0.25) is 0 Å². The van der Waals surface area contributed by atoms with Crippen LogP contribution in [-0.4, -0.2) is 26.2 Å². The van der Waals surface area contributed by atoms with Gasteiger partial charge in [0.15, 0.2) is 0 Å². The van der Waals surface area contributed by atoms with Crippen molar-refractivity contribution in [1.82, 2.24) is 0 Å². The molecular weight excluding hydrogens is 190 g/mol. The van der Waals surface area contributed by atoms with Crippen molar-refractivity contribution in [2.75, 3.05) is 18.6 Å². The van der Waals surface area contributed by atoms with Crippen LogP contribution in [0.5, 0.6) is 0 Å². The summed E-state index contributed by atoms with van der Waals surface area (Å²) in [6.07, 6.45) is 2.80. The highest BCUT2D eigenvalue weighted by Crippen LogP contribution is 2.29. The number of carbonyl (C=O) groups excluding carboxylic acids is 1. The number of rotatable bonds is 3. The molecule has 1 aromatic rings. The van der Waals surface area contributed by atoms with E-state index >= 15 is 0 Å². The maximum absolute atomic E-state index is 10.3. The van der Waals surface area contributed by atoms with Gasteiger partial charge in [-0.15, -0.1) is 0 Å². The Morgan fingerprint density at radius 1 is 1.53 bits per heavy atom. The number of nitrogens with zero attached hydrogens (tertiary/aromatic N) is 1. The molecule has 3 nitrogen and oxygen atoms in total. The Labute approximate surface area is 89.7 Å². The highest BCUT2D eigenvalue weighted by atomic mass is 16.5. The first-order valence-electron chi connectivity index (χ1n) is 5.19. The van der Waals surface area contributed by atoms with E-state index in [1.807, 2.05) is 13.1 Å². The zero-order valence-corrected chi connectivity index (χ0v) is 8.85. The van der Waals surface area contributed by atoms with E-state index in [4.69, 9.17) is 4.74 Å². The SMILES string of the molecule is CN1c2ccccc2CCC1OCC=O. The molecule has 1 aliphatic rings. The Kier molecular flexibility index (Phi) is 3.02. The number of fused-ring (bicyclic) bond motifs is 1. The Bertz CT molecular complexity index is 351. The Hall–Kier alpha value is -1.35. The summed E-state index contributed by atoms with van der Waals surface area (Å²) in [4.78, 5) is 12.4. The number of hydrogen-bond donors (Lipinski definition) is 0. The molecule has 0 bridgehead atoms. The van der Waals surface area contributed by atoms with E-state index in [0.717, 1.165) is 19.1 Å². The number of anilines is 1. The topological polar surface area (TPSA) is 29.5 Å². The summed E-state index contributed by atoms with van der Waals surface area (Å²) in [5.41, 5.74) is 2.56. The molecule has 1 heterocycles. The lowest BCUT2D eigenvalue weighted by Gasteiger charge is -2.35. The first kappa shape index (κ1) is 10.2. The highest BCUT2D eigenvalue weighted by molar-refractivity contribution is 5.55. The average molecular weight is 205 g/mol. The van der Waals surface area contributed by atoms with Crippen LogP contribution in [0.15, 0.2) is 24.3 Å². The molecule has 0 aromatic heterocycles. The smallest absolute Gasteiger partial charge is 0.145 e. The van der Waals surface area contributed by atoms with Crippen LogP contribution < -0.4 is 4.90 Å². The van der Waals surface area contributed by atoms with E-state index in [9.17, 15) is 4.79 Å². The van der Waals surface area contributed by atoms with E-state index in [0.29, 0.717) is 0 Å². The Morgan fingerprint density at radius 2 is 2.33 bits per heavy atom. The van der Waals surface area contributed by atoms with Crippen LogP contribution in [0.3, 0.4) is 0 Å². The molecule has 0 saturated carbocycles. The van der Waals surface area contributed by atoms with Crippen LogP contribution >= 0.6 is 0 Å². The number of aldehydes is 1. The van der Waals surface area contributed by atoms with E-state index in [1.165, 1.54) is 11.3 Å². The van der Waals surface area contributed by atoms with Crippen molar-refractivity contribution in [1.29, 1.82) is 0 Å². The zero-order valence-electron chi connectivity index (χ0n) is 8.85. The third-order valence-electron chi connectivity index (χ3n) is 2.82. The lowest BCUT2D eigenvalue weighted by molar-refractivity contribution is -0.113. The molecule has 0 N–H and O–H groups in total. The maximum atomic E-state index is 10.3. The largest absolute Gasteiger partial charge is 0.351 e. The number of ether oxygens (including phenoxy) is 1. The van der Waals surface area contributed by atoms with Crippen molar-refractivity contribution in [2.45, 2.75) is 19.1 Å². The Balaban J connectivity index is 2.14. The second-order valence-electron chi connectivity index (χ2n) is 3.73. The van der Waals surface area contributed by atoms with Gasteiger partial charge in [0, 0.05) is 12.7 Å². The number of benzene rings is 1. The normalized spacial score (nSPS) is 19.8. The van der Waals surface area contributed by atoms with Crippen LogP contribution in [-0.2, 0) is 16.0 Å². The number of para-hydroxylation sites is 1. The molecule has 1 atom stereocenters. The molecule has 0 saturated heterocycles. The highest BCUT2D eigenvalue weighted by Gasteiger charge is 2.22. The minimum Gasteiger partial charge on any atom is -0.351 e. The maximum Gasteiger partial charge on any atom is 0.145 e. The van der Waals surface area contributed by atoms with Gasteiger partial charge in [-0.3, -0.25) is 0 Å². The fourth-order valence-corrected chi connectivity index (χ4v) is 2.04. The zero-order chi connectivity index (χ0) is 10.7. The minimum atomic E-state index is 0.0325. The van der Waals surface area contributed by atoms with Crippen molar-refractivity contribution in [3.63, 3.8) is 0 Å². The second kappa shape index (κ2) is 4.45. The third-order valence-corrected chi connectivity index (χ3v) is 2.82. The molecule has 1 aromatic carbocycles. The van der Waals surface area contributed by atoms with E-state index in [1.54, 1.807) is 0 Å². The first-order valence-corrected chi connectivity index (χ1v) is 5.19. The molecular formula is C12H15NO2. The van der Waals surface area contributed by atoms with E-state index in [2.05, 4.69) is 23.1 Å². The van der Waals surface area contributed by atoms with E-state index < -0.39 is 0 Å². The summed E-state index contributed by atoms with van der Waals surface area (Å²) in [6.45, 7) is 0.178. The number of carbonyl (C=O) groups is 1. The van der Waals surface area contributed by atoms with Gasteiger partial charge >= 0.3 is 0 Å². The van der Waals surface area contributed by atoms with E-state index in [-0.39, 0.29) is 12.8 Å². The second-order valence-corrected chi connectivity index (χ2v) is 3.73. The van der Waals surface area contributed by atoms with Gasteiger partial charge in [-0.25, -0.2) is 0 Å². The first-order chi connectivity index (χ1) is 7.33. The fourth-order valence-electron chi connectivity index (χ4n) is 2.04. The lowest BCUT2D eigenvalue weighted by atomic mass is 10.0. The minimum absolute atomic E-state index is 0.0325. The monoisotopic (exact) mass is 205 g/mol. The van der Waals surface area contributed by atoms with Crippen LogP contribution in [0.2, 0.25) is 0 Å². The molecule has 80 valence electrons. The fraction of sp³-hybridized carbons (Fsp3) is 0.417. The van der Waals surface area contributed by atoms with Crippen LogP contribution in [0.25, 0.3) is 0 Å². The summed E-state index contributed by atoms with van der Waals surface area (Å²) in [5.74, 6) is 0. The molecule has 0 aliphatic carbocycles. The summed E-state index contributed by atoms with van der Waals surface area (Å²) >= 11 is 0. The van der Waals surface area contributed by atoms with Gasteiger partial charge in [-0.1, -0.05) is 18.2 Å². The molecule has 15 heavy (non-hydrogen) atoms. The average Bonchev–Trinajstić information content (AvgIpc) is 2.29. The van der Waals surface area contributed by atoms with Crippen molar-refractivity contribution >= 4 is 12.0 Å². The van der Waals surface area contributed by atoms with Gasteiger partial charge in [0.25, 0.3) is 0 Å². The van der Waals surface area contributed by atoms with Gasteiger partial charge < -0.3 is 14.4 Å². The summed E-state index contributed by atoms with van der Waals surface area (Å²) in [7, 11) is 2.01. The molecule has 0 spiro atoms. The molecule has 0 radical (unpaired) electrons. The number of hydrogen-bond acceptors (Lipinski definition) is 3. The van der Waals surface area contributed by atoms with Gasteiger partial charge in [-0.2, -0.15) is 0 Å². The van der Waals surface area contributed by atoms with Crippen LogP contribution in [0.4, 0.5) is 5.69 Å². The van der Waals surface area contributed by atoms with Crippen molar-refractivity contribution < 1.29 is 9.53 Å². The van der Waals surface area contributed by atoms with Gasteiger partial charge in [-0.05, 0) is 24.5 Å². The van der Waals surface area contributed by atoms with Gasteiger partial charge in [0.05, 0.1) is 0 Å². The van der Waals surface area contributed by atoms with Crippen molar-refractivity contribution in [2.24, 2.45) is 0 Å². The molecule has 0 fully saturated rings. The summed E-state index contributed by atoms with van der Waals surface area (Å²) in [6, 6.07) is 8.31. The summed E-state index contributed by atoms with van der Waals surface area (Å²) in [5, 5.41) is 0. The molecule has 0 amide bonds. The predicted molar refractivity (Wildman–Crippen MR) is 59.0 cm³/mol. The van der Waals surface area contributed by atoms with Crippen LogP contribution in [0, 0.1) is 0 Å². The molecule has 3 heteroatoms. The van der Waals surface area contributed by atoms with Gasteiger partial charge in [0.1, 0.15) is 19.1 Å². The van der Waals surface area contributed by atoms with Crippen molar-refractivity contribution in [3.8, 4) is 0 Å². The Morgan fingerprint density at radius 3 is 3.13 bits per heavy atom. The van der Waals surface area contributed by atoms with Crippen molar-refractivity contribution in [3.05, 3.63) is 29.8 Å². The lowest BCUT2D eigenvalue weighted by Crippen LogP contribution is -2.38. The predicted octanol–water partition coefficient (Wildman–Crippen LogP) is 1.61.